The molecule has 1 N–H and O–H groups in total. The second-order valence-electron chi connectivity index (χ2n) is 4.55. The van der Waals surface area contributed by atoms with Crippen molar-refractivity contribution in [1.82, 2.24) is 9.88 Å². The third-order valence-corrected chi connectivity index (χ3v) is 3.35. The van der Waals surface area contributed by atoms with E-state index in [4.69, 9.17) is 5.11 Å². The van der Waals surface area contributed by atoms with Gasteiger partial charge in [-0.25, -0.2) is 4.79 Å². The normalized spacial score (nSPS) is 25.2. The molecule has 0 aromatic carbocycles. The highest BCUT2D eigenvalue weighted by atomic mass is 16.4. The summed E-state index contributed by atoms with van der Waals surface area (Å²) in [6.45, 7) is 0.130. The third-order valence-electron chi connectivity index (χ3n) is 3.35. The number of nitrogens with zero attached hydrogens (tertiary/aromatic N) is 2. The number of carboxylic acids is 1. The van der Waals surface area contributed by atoms with Gasteiger partial charge in [0, 0.05) is 6.20 Å². The number of likely N-dealkylation sites (tertiary alicyclic amines) is 1. The van der Waals surface area contributed by atoms with Gasteiger partial charge in [-0.15, -0.1) is 0 Å². The quantitative estimate of drug-likeness (QED) is 0.774. The number of hydrogen-bond acceptors (Lipinski definition) is 4. The molecule has 3 rings (SSSR count). The number of carboxylic acid groups (broad SMARTS) is 1. The zero-order chi connectivity index (χ0) is 12.9. The Labute approximate surface area is 102 Å². The fourth-order valence-corrected chi connectivity index (χ4v) is 2.21. The van der Waals surface area contributed by atoms with E-state index >= 15 is 0 Å². The number of hydrogen-bond donors (Lipinski definition) is 1. The van der Waals surface area contributed by atoms with E-state index in [9.17, 15) is 14.4 Å². The Balaban J connectivity index is 1.75. The molecule has 2 aliphatic rings. The number of fused-ring (bicyclic) bond motifs is 1. The van der Waals surface area contributed by atoms with Gasteiger partial charge in [0.2, 0.25) is 11.8 Å². The molecule has 0 spiro atoms. The van der Waals surface area contributed by atoms with E-state index < -0.39 is 5.97 Å². The first-order valence-corrected chi connectivity index (χ1v) is 5.61. The lowest BCUT2D eigenvalue weighted by atomic mass is 10.2. The number of carbonyl (C=O) groups is 3. The molecule has 1 aromatic rings. The molecule has 2 amide bonds. The van der Waals surface area contributed by atoms with Crippen LogP contribution in [0.3, 0.4) is 0 Å². The predicted molar refractivity (Wildman–Crippen MR) is 58.4 cm³/mol. The molecule has 1 aliphatic heterocycles. The number of rotatable bonds is 3. The van der Waals surface area contributed by atoms with Crippen LogP contribution in [0.25, 0.3) is 0 Å². The van der Waals surface area contributed by atoms with Gasteiger partial charge in [0.1, 0.15) is 0 Å². The Morgan fingerprint density at radius 3 is 2.50 bits per heavy atom. The van der Waals surface area contributed by atoms with Crippen molar-refractivity contribution in [1.29, 1.82) is 0 Å². The summed E-state index contributed by atoms with van der Waals surface area (Å²) in [5.41, 5.74) is 0.601. The molecule has 2 heterocycles. The smallest absolute Gasteiger partial charge is 0.337 e. The first kappa shape index (κ1) is 10.9. The van der Waals surface area contributed by atoms with Gasteiger partial charge in [-0.05, 0) is 18.6 Å². The van der Waals surface area contributed by atoms with Crippen LogP contribution in [0.15, 0.2) is 18.3 Å². The summed E-state index contributed by atoms with van der Waals surface area (Å²) in [7, 11) is 0. The topological polar surface area (TPSA) is 87.6 Å². The van der Waals surface area contributed by atoms with Gasteiger partial charge < -0.3 is 5.11 Å². The molecule has 1 saturated carbocycles. The number of aromatic nitrogens is 1. The molecule has 2 unspecified atom stereocenters. The molecule has 92 valence electrons. The molecule has 6 heteroatoms. The van der Waals surface area contributed by atoms with Crippen LogP contribution < -0.4 is 0 Å². The molecule has 1 aliphatic carbocycles. The van der Waals surface area contributed by atoms with E-state index in [1.807, 2.05) is 0 Å². The lowest BCUT2D eigenvalue weighted by Crippen LogP contribution is -2.32. The van der Waals surface area contributed by atoms with Gasteiger partial charge in [-0.1, -0.05) is 0 Å². The average molecular weight is 246 g/mol. The van der Waals surface area contributed by atoms with E-state index in [0.717, 1.165) is 0 Å². The van der Waals surface area contributed by atoms with Crippen molar-refractivity contribution in [2.75, 3.05) is 0 Å². The fourth-order valence-electron chi connectivity index (χ4n) is 2.21. The Hall–Kier alpha value is -2.24. The molecule has 0 bridgehead atoms. The summed E-state index contributed by atoms with van der Waals surface area (Å²) in [5, 5.41) is 8.73. The van der Waals surface area contributed by atoms with Gasteiger partial charge in [0.25, 0.3) is 0 Å². The summed E-state index contributed by atoms with van der Waals surface area (Å²) in [6.07, 6.45) is 1.91. The number of aromatic carboxylic acids is 1. The molecule has 0 radical (unpaired) electrons. The van der Waals surface area contributed by atoms with Crippen LogP contribution >= 0.6 is 0 Å². The molecule has 18 heavy (non-hydrogen) atoms. The average Bonchev–Trinajstić information content (AvgIpc) is 3.10. The highest BCUT2D eigenvalue weighted by molar-refractivity contribution is 6.08. The summed E-state index contributed by atoms with van der Waals surface area (Å²) in [4.78, 5) is 39.2. The molecule has 2 fully saturated rings. The van der Waals surface area contributed by atoms with Crippen LogP contribution in [0.2, 0.25) is 0 Å². The van der Waals surface area contributed by atoms with Gasteiger partial charge in [0.15, 0.2) is 0 Å². The monoisotopic (exact) mass is 246 g/mol. The van der Waals surface area contributed by atoms with Crippen molar-refractivity contribution < 1.29 is 19.5 Å². The SMILES string of the molecule is O=C(O)c1ccc(CN2C(=O)C3CC3C2=O)nc1. The maximum absolute atomic E-state index is 11.7. The Morgan fingerprint density at radius 2 is 2.00 bits per heavy atom. The molecular weight excluding hydrogens is 236 g/mol. The van der Waals surface area contributed by atoms with Gasteiger partial charge in [0.05, 0.1) is 29.6 Å². The van der Waals surface area contributed by atoms with Gasteiger partial charge >= 0.3 is 5.97 Å². The van der Waals surface area contributed by atoms with Crippen molar-refractivity contribution in [2.45, 2.75) is 13.0 Å². The molecular formula is C12H10N2O4. The van der Waals surface area contributed by atoms with Gasteiger partial charge in [-0.2, -0.15) is 0 Å². The first-order valence-electron chi connectivity index (χ1n) is 5.61. The lowest BCUT2D eigenvalue weighted by Gasteiger charge is -2.15. The van der Waals surface area contributed by atoms with Crippen molar-refractivity contribution in [3.8, 4) is 0 Å². The van der Waals surface area contributed by atoms with Crippen molar-refractivity contribution in [2.24, 2.45) is 11.8 Å². The minimum absolute atomic E-state index is 0.0840. The van der Waals surface area contributed by atoms with Crippen molar-refractivity contribution in [3.05, 3.63) is 29.6 Å². The van der Waals surface area contributed by atoms with Crippen LogP contribution in [0.4, 0.5) is 0 Å². The highest BCUT2D eigenvalue weighted by Gasteiger charge is 2.58. The fraction of sp³-hybridized carbons (Fsp3) is 0.333. The van der Waals surface area contributed by atoms with E-state index in [-0.39, 0.29) is 35.8 Å². The maximum atomic E-state index is 11.7. The predicted octanol–water partition coefficient (Wildman–Crippen LogP) is 0.285. The molecule has 6 nitrogen and oxygen atoms in total. The van der Waals surface area contributed by atoms with Crippen LogP contribution in [0.1, 0.15) is 22.5 Å². The van der Waals surface area contributed by atoms with Crippen molar-refractivity contribution >= 4 is 17.8 Å². The standard InChI is InChI=1S/C12H10N2O4/c15-10-8-3-9(8)11(16)14(10)5-7-2-1-6(4-13-7)12(17)18/h1-2,4,8-9H,3,5H2,(H,17,18). The second kappa shape index (κ2) is 3.63. The van der Waals surface area contributed by atoms with Crippen LogP contribution in [0.5, 0.6) is 0 Å². The Bertz CT molecular complexity index is 532. The van der Waals surface area contributed by atoms with Gasteiger partial charge in [-0.3, -0.25) is 19.5 Å². The second-order valence-corrected chi connectivity index (χ2v) is 4.55. The summed E-state index contributed by atoms with van der Waals surface area (Å²) in [6, 6.07) is 2.93. The number of pyridine rings is 1. The molecule has 2 atom stereocenters. The summed E-state index contributed by atoms with van der Waals surface area (Å²) < 4.78 is 0. The maximum Gasteiger partial charge on any atom is 0.337 e. The minimum Gasteiger partial charge on any atom is -0.478 e. The number of piperidine rings is 1. The molecule has 1 aromatic heterocycles. The van der Waals surface area contributed by atoms with E-state index in [0.29, 0.717) is 12.1 Å². The van der Waals surface area contributed by atoms with Crippen LogP contribution in [-0.2, 0) is 16.1 Å². The third kappa shape index (κ3) is 1.57. The van der Waals surface area contributed by atoms with E-state index in [2.05, 4.69) is 4.98 Å². The van der Waals surface area contributed by atoms with Crippen LogP contribution in [0, 0.1) is 11.8 Å². The summed E-state index contributed by atoms with van der Waals surface area (Å²) in [5.74, 6) is -1.54. The zero-order valence-corrected chi connectivity index (χ0v) is 9.37. The Kier molecular flexibility index (Phi) is 2.19. The Morgan fingerprint density at radius 1 is 1.33 bits per heavy atom. The number of carbonyl (C=O) groups excluding carboxylic acids is 2. The number of imide groups is 1. The zero-order valence-electron chi connectivity index (χ0n) is 9.37. The number of amides is 2. The van der Waals surface area contributed by atoms with Crippen LogP contribution in [-0.4, -0.2) is 32.8 Å². The first-order chi connectivity index (χ1) is 8.58. The minimum atomic E-state index is -1.05. The lowest BCUT2D eigenvalue weighted by molar-refractivity contribution is -0.142. The van der Waals surface area contributed by atoms with E-state index in [1.54, 1.807) is 0 Å². The van der Waals surface area contributed by atoms with E-state index in [1.165, 1.54) is 23.2 Å². The summed E-state index contributed by atoms with van der Waals surface area (Å²) >= 11 is 0. The molecule has 1 saturated heterocycles. The van der Waals surface area contributed by atoms with Crippen molar-refractivity contribution in [3.63, 3.8) is 0 Å². The highest BCUT2D eigenvalue weighted by Crippen LogP contribution is 2.47. The largest absolute Gasteiger partial charge is 0.478 e.